The molecule has 2 aromatic carbocycles. The second kappa shape index (κ2) is 9.42. The number of aromatic nitrogens is 3. The summed E-state index contributed by atoms with van der Waals surface area (Å²) in [6, 6.07) is 17.1. The van der Waals surface area contributed by atoms with Gasteiger partial charge in [-0.25, -0.2) is 4.79 Å². The van der Waals surface area contributed by atoms with E-state index in [1.54, 1.807) is 0 Å². The fourth-order valence-electron chi connectivity index (χ4n) is 4.62. The fourth-order valence-corrected chi connectivity index (χ4v) is 4.62. The van der Waals surface area contributed by atoms with E-state index in [9.17, 15) is 4.79 Å². The zero-order valence-corrected chi connectivity index (χ0v) is 18.2. The zero-order chi connectivity index (χ0) is 21.8. The molecule has 1 atom stereocenters. The highest BCUT2D eigenvalue weighted by molar-refractivity contribution is 5.89. The lowest BCUT2D eigenvalue weighted by molar-refractivity contribution is 0.190. The smallest absolute Gasteiger partial charge is 0.321 e. The molecular formula is C25H29N5O2. The number of fused-ring (bicyclic) bond motifs is 1. The van der Waals surface area contributed by atoms with E-state index in [2.05, 4.69) is 20.1 Å². The van der Waals surface area contributed by atoms with Crippen LogP contribution in [0.4, 0.5) is 10.5 Å². The lowest BCUT2D eigenvalue weighted by atomic mass is 9.97. The zero-order valence-electron chi connectivity index (χ0n) is 18.2. The Labute approximate surface area is 188 Å². The van der Waals surface area contributed by atoms with E-state index >= 15 is 0 Å². The van der Waals surface area contributed by atoms with E-state index in [0.29, 0.717) is 6.54 Å². The molecule has 2 aliphatic heterocycles. The van der Waals surface area contributed by atoms with Crippen molar-refractivity contribution >= 4 is 11.7 Å². The molecule has 2 aliphatic rings. The van der Waals surface area contributed by atoms with Gasteiger partial charge >= 0.3 is 6.03 Å². The van der Waals surface area contributed by atoms with Gasteiger partial charge in [0.05, 0.1) is 0 Å². The molecule has 1 unspecified atom stereocenters. The maximum absolute atomic E-state index is 12.9. The summed E-state index contributed by atoms with van der Waals surface area (Å²) in [7, 11) is 0. The predicted octanol–water partition coefficient (Wildman–Crippen LogP) is 5.21. The van der Waals surface area contributed by atoms with Crippen LogP contribution < -0.4 is 10.1 Å². The average Bonchev–Trinajstić information content (AvgIpc) is 3.09. The van der Waals surface area contributed by atoms with E-state index < -0.39 is 0 Å². The molecule has 3 aromatic rings. The van der Waals surface area contributed by atoms with Crippen molar-refractivity contribution in [2.24, 2.45) is 0 Å². The Balaban J connectivity index is 1.21. The Morgan fingerprint density at radius 1 is 0.906 bits per heavy atom. The van der Waals surface area contributed by atoms with Crippen LogP contribution in [0, 0.1) is 0 Å². The maximum Gasteiger partial charge on any atom is 0.321 e. The minimum atomic E-state index is -0.0676. The third-order valence-corrected chi connectivity index (χ3v) is 6.30. The average molecular weight is 432 g/mol. The number of hydrogen-bond acceptors (Lipinski definition) is 4. The number of urea groups is 1. The summed E-state index contributed by atoms with van der Waals surface area (Å²) in [5.74, 6) is 3.93. The topological polar surface area (TPSA) is 72.3 Å². The SMILES string of the molecule is O=C(Nc1ccc(Oc2ccccc2)cc1)N1CCCC(c2nnc3n2CCCCC3)C1. The van der Waals surface area contributed by atoms with Crippen molar-refractivity contribution in [2.45, 2.75) is 51.0 Å². The van der Waals surface area contributed by atoms with Crippen molar-refractivity contribution in [1.29, 1.82) is 0 Å². The molecule has 0 spiro atoms. The molecular weight excluding hydrogens is 402 g/mol. The van der Waals surface area contributed by atoms with E-state index in [-0.39, 0.29) is 11.9 Å². The Hall–Kier alpha value is -3.35. The molecule has 1 fully saturated rings. The number of nitrogens with zero attached hydrogens (tertiary/aromatic N) is 4. The molecule has 7 nitrogen and oxygen atoms in total. The number of likely N-dealkylation sites (tertiary alicyclic amines) is 1. The number of para-hydroxylation sites is 1. The summed E-state index contributed by atoms with van der Waals surface area (Å²) in [6.07, 6.45) is 6.65. The third kappa shape index (κ3) is 4.61. The van der Waals surface area contributed by atoms with Gasteiger partial charge in [0.2, 0.25) is 0 Å². The number of nitrogens with one attached hydrogen (secondary N) is 1. The van der Waals surface area contributed by atoms with Gasteiger partial charge in [0, 0.05) is 37.7 Å². The molecule has 1 aromatic heterocycles. The Morgan fingerprint density at radius 2 is 1.72 bits per heavy atom. The highest BCUT2D eigenvalue weighted by Gasteiger charge is 2.29. The van der Waals surface area contributed by atoms with Crippen LogP contribution >= 0.6 is 0 Å². The molecule has 32 heavy (non-hydrogen) atoms. The van der Waals surface area contributed by atoms with Crippen LogP contribution in [0.1, 0.15) is 49.7 Å². The summed E-state index contributed by atoms with van der Waals surface area (Å²) in [4.78, 5) is 14.8. The van der Waals surface area contributed by atoms with Crippen molar-refractivity contribution in [3.05, 3.63) is 66.2 Å². The van der Waals surface area contributed by atoms with E-state index in [4.69, 9.17) is 4.74 Å². The number of hydrogen-bond donors (Lipinski definition) is 1. The normalized spacial score (nSPS) is 18.5. The lowest BCUT2D eigenvalue weighted by Gasteiger charge is -2.32. The summed E-state index contributed by atoms with van der Waals surface area (Å²) < 4.78 is 8.14. The number of carbonyl (C=O) groups is 1. The van der Waals surface area contributed by atoms with Gasteiger partial charge in [0.25, 0.3) is 0 Å². The summed E-state index contributed by atoms with van der Waals surface area (Å²) in [5.41, 5.74) is 0.758. The molecule has 3 heterocycles. The third-order valence-electron chi connectivity index (χ3n) is 6.30. The van der Waals surface area contributed by atoms with Gasteiger partial charge in [0.15, 0.2) is 0 Å². The monoisotopic (exact) mass is 431 g/mol. The van der Waals surface area contributed by atoms with E-state index in [1.807, 2.05) is 59.5 Å². The Bertz CT molecular complexity index is 1050. The first-order chi connectivity index (χ1) is 15.8. The number of piperidine rings is 1. The molecule has 2 amide bonds. The first kappa shape index (κ1) is 20.5. The number of rotatable bonds is 4. The Morgan fingerprint density at radius 3 is 2.56 bits per heavy atom. The molecule has 0 saturated carbocycles. The van der Waals surface area contributed by atoms with Gasteiger partial charge in [-0.15, -0.1) is 10.2 Å². The van der Waals surface area contributed by atoms with Crippen molar-refractivity contribution < 1.29 is 9.53 Å². The molecule has 0 aliphatic carbocycles. The molecule has 7 heteroatoms. The molecule has 166 valence electrons. The van der Waals surface area contributed by atoms with Crippen LogP contribution in [0.15, 0.2) is 54.6 Å². The number of carbonyl (C=O) groups excluding carboxylic acids is 1. The van der Waals surface area contributed by atoms with Crippen molar-refractivity contribution in [2.75, 3.05) is 18.4 Å². The van der Waals surface area contributed by atoms with Crippen LogP contribution in [-0.4, -0.2) is 38.8 Å². The number of aryl methyl sites for hydroxylation is 1. The second-order valence-electron chi connectivity index (χ2n) is 8.59. The quantitative estimate of drug-likeness (QED) is 0.616. The van der Waals surface area contributed by atoms with Crippen molar-refractivity contribution in [3.8, 4) is 11.5 Å². The highest BCUT2D eigenvalue weighted by atomic mass is 16.5. The molecule has 1 saturated heterocycles. The van der Waals surface area contributed by atoms with Gasteiger partial charge in [0.1, 0.15) is 23.1 Å². The standard InChI is InChI=1S/C25H29N5O2/c31-25(26-20-12-14-22(15-13-20)32-21-9-3-1-4-10-21)29-16-7-8-19(18-29)24-28-27-23-11-5-2-6-17-30(23)24/h1,3-4,9-10,12-15,19H,2,5-8,11,16-18H2,(H,26,31). The fraction of sp³-hybridized carbons (Fsp3) is 0.400. The minimum absolute atomic E-state index is 0.0676. The first-order valence-electron chi connectivity index (χ1n) is 11.6. The molecule has 0 bridgehead atoms. The summed E-state index contributed by atoms with van der Waals surface area (Å²) in [5, 5.41) is 12.0. The van der Waals surface area contributed by atoms with Crippen LogP contribution in [0.3, 0.4) is 0 Å². The van der Waals surface area contributed by atoms with Gasteiger partial charge in [-0.05, 0) is 62.1 Å². The number of benzene rings is 2. The van der Waals surface area contributed by atoms with Crippen LogP contribution in [0.5, 0.6) is 11.5 Å². The van der Waals surface area contributed by atoms with Gasteiger partial charge in [-0.2, -0.15) is 0 Å². The number of amides is 2. The molecule has 0 radical (unpaired) electrons. The second-order valence-corrected chi connectivity index (χ2v) is 8.59. The predicted molar refractivity (Wildman–Crippen MR) is 123 cm³/mol. The highest BCUT2D eigenvalue weighted by Crippen LogP contribution is 2.29. The van der Waals surface area contributed by atoms with Crippen molar-refractivity contribution in [1.82, 2.24) is 19.7 Å². The molecule has 5 rings (SSSR count). The maximum atomic E-state index is 12.9. The largest absolute Gasteiger partial charge is 0.457 e. The van der Waals surface area contributed by atoms with Crippen LogP contribution in [-0.2, 0) is 13.0 Å². The number of ether oxygens (including phenoxy) is 1. The van der Waals surface area contributed by atoms with Crippen LogP contribution in [0.2, 0.25) is 0 Å². The van der Waals surface area contributed by atoms with E-state index in [1.165, 1.54) is 19.3 Å². The lowest BCUT2D eigenvalue weighted by Crippen LogP contribution is -2.42. The summed E-state index contributed by atoms with van der Waals surface area (Å²) >= 11 is 0. The minimum Gasteiger partial charge on any atom is -0.457 e. The Kier molecular flexibility index (Phi) is 6.05. The van der Waals surface area contributed by atoms with E-state index in [0.717, 1.165) is 61.2 Å². The van der Waals surface area contributed by atoms with Crippen molar-refractivity contribution in [3.63, 3.8) is 0 Å². The number of anilines is 1. The first-order valence-corrected chi connectivity index (χ1v) is 11.6. The van der Waals surface area contributed by atoms with Gasteiger partial charge < -0.3 is 19.5 Å². The molecule has 1 N–H and O–H groups in total. The summed E-state index contributed by atoms with van der Waals surface area (Å²) in [6.45, 7) is 2.44. The van der Waals surface area contributed by atoms with Gasteiger partial charge in [-0.3, -0.25) is 0 Å². The van der Waals surface area contributed by atoms with Crippen LogP contribution in [0.25, 0.3) is 0 Å². The van der Waals surface area contributed by atoms with Gasteiger partial charge in [-0.1, -0.05) is 24.6 Å².